The van der Waals surface area contributed by atoms with Crippen molar-refractivity contribution in [3.05, 3.63) is 0 Å². The first-order valence-electron chi connectivity index (χ1n) is 9.59. The van der Waals surface area contributed by atoms with E-state index in [-0.39, 0.29) is 29.5 Å². The molecule has 1 aliphatic carbocycles. The van der Waals surface area contributed by atoms with E-state index < -0.39 is 0 Å². The second-order valence-corrected chi connectivity index (χ2v) is 7.84. The largest absolute Gasteiger partial charge is 0.381 e. The second-order valence-electron chi connectivity index (χ2n) is 7.84. The van der Waals surface area contributed by atoms with Crippen LogP contribution in [0.3, 0.4) is 0 Å². The molecule has 2 heterocycles. The first-order valence-corrected chi connectivity index (χ1v) is 9.59. The number of likely N-dealkylation sites (N-methyl/N-ethyl adjacent to an activating group) is 1. The number of aliphatic imine (C=N–C) groups is 1. The highest BCUT2D eigenvalue weighted by Crippen LogP contribution is 2.29. The van der Waals surface area contributed by atoms with Crippen molar-refractivity contribution < 1.29 is 4.74 Å². The molecule has 0 radical (unpaired) electrons. The van der Waals surface area contributed by atoms with Crippen molar-refractivity contribution in [3.8, 4) is 0 Å². The van der Waals surface area contributed by atoms with Gasteiger partial charge in [-0.05, 0) is 52.6 Å². The van der Waals surface area contributed by atoms with Gasteiger partial charge in [0.25, 0.3) is 0 Å². The molecule has 0 aromatic heterocycles. The van der Waals surface area contributed by atoms with Gasteiger partial charge in [0.2, 0.25) is 0 Å². The fraction of sp³-hybridized carbons (Fsp3) is 0.944. The molecule has 0 spiro atoms. The quantitative estimate of drug-likeness (QED) is 0.366. The fourth-order valence-electron chi connectivity index (χ4n) is 4.02. The third-order valence-electron chi connectivity index (χ3n) is 6.11. The number of hydrogen-bond acceptors (Lipinski definition) is 4. The summed E-state index contributed by atoms with van der Waals surface area (Å²) in [7, 11) is 6.23. The standard InChI is InChI=1S/C18H35N5O.HI/c1-19-17(20-14-18(22(2)3)8-12-24-13-9-18)21-15-6-10-23(11-7-15)16-4-5-16;/h15-16H,4-14H2,1-3H3,(H2,19,20,21);1H. The molecule has 0 aromatic carbocycles. The minimum Gasteiger partial charge on any atom is -0.381 e. The summed E-state index contributed by atoms with van der Waals surface area (Å²) in [6.45, 7) is 5.09. The van der Waals surface area contributed by atoms with Crippen molar-refractivity contribution >= 4 is 29.9 Å². The molecule has 3 rings (SSSR count). The number of guanidine groups is 1. The van der Waals surface area contributed by atoms with Gasteiger partial charge in [0, 0.05) is 57.5 Å². The number of rotatable bonds is 5. The lowest BCUT2D eigenvalue weighted by molar-refractivity contribution is -0.00504. The number of nitrogens with zero attached hydrogens (tertiary/aromatic N) is 3. The number of nitrogens with one attached hydrogen (secondary N) is 2. The number of hydrogen-bond donors (Lipinski definition) is 2. The molecule has 1 saturated carbocycles. The maximum Gasteiger partial charge on any atom is 0.191 e. The summed E-state index contributed by atoms with van der Waals surface area (Å²) in [6, 6.07) is 1.45. The molecular weight excluding hydrogens is 429 g/mol. The Bertz CT molecular complexity index is 427. The molecule has 2 saturated heterocycles. The molecule has 0 bridgehead atoms. The van der Waals surface area contributed by atoms with Crippen LogP contribution in [0.25, 0.3) is 0 Å². The smallest absolute Gasteiger partial charge is 0.191 e. The van der Waals surface area contributed by atoms with Crippen LogP contribution in [0.5, 0.6) is 0 Å². The molecule has 0 unspecified atom stereocenters. The van der Waals surface area contributed by atoms with Crippen LogP contribution in [-0.4, -0.2) is 87.4 Å². The summed E-state index contributed by atoms with van der Waals surface area (Å²) in [5, 5.41) is 7.23. The molecule has 0 atom stereocenters. The van der Waals surface area contributed by atoms with Crippen molar-refractivity contribution in [1.29, 1.82) is 0 Å². The first-order chi connectivity index (χ1) is 11.6. The fourth-order valence-corrected chi connectivity index (χ4v) is 4.02. The molecule has 3 aliphatic rings. The van der Waals surface area contributed by atoms with E-state index in [0.29, 0.717) is 6.04 Å². The highest BCUT2D eigenvalue weighted by molar-refractivity contribution is 14.0. The van der Waals surface area contributed by atoms with E-state index in [1.165, 1.54) is 38.8 Å². The van der Waals surface area contributed by atoms with Gasteiger partial charge in [-0.3, -0.25) is 4.99 Å². The Morgan fingerprint density at radius 3 is 2.32 bits per heavy atom. The van der Waals surface area contributed by atoms with Crippen molar-refractivity contribution in [1.82, 2.24) is 20.4 Å². The predicted octanol–water partition coefficient (Wildman–Crippen LogP) is 1.51. The van der Waals surface area contributed by atoms with Gasteiger partial charge in [0.05, 0.1) is 0 Å². The van der Waals surface area contributed by atoms with Crippen molar-refractivity contribution in [2.45, 2.75) is 56.1 Å². The lowest BCUT2D eigenvalue weighted by Gasteiger charge is -2.43. The molecule has 7 heteroatoms. The van der Waals surface area contributed by atoms with E-state index in [4.69, 9.17) is 4.74 Å². The van der Waals surface area contributed by atoms with Gasteiger partial charge in [-0.1, -0.05) is 0 Å². The maximum atomic E-state index is 5.56. The summed E-state index contributed by atoms with van der Waals surface area (Å²) in [4.78, 5) is 9.47. The zero-order valence-electron chi connectivity index (χ0n) is 16.1. The highest BCUT2D eigenvalue weighted by atomic mass is 127. The van der Waals surface area contributed by atoms with E-state index in [9.17, 15) is 0 Å². The Morgan fingerprint density at radius 2 is 1.80 bits per heavy atom. The molecule has 2 N–H and O–H groups in total. The van der Waals surface area contributed by atoms with Crippen molar-refractivity contribution in [2.24, 2.45) is 4.99 Å². The first kappa shape index (κ1) is 21.2. The molecular formula is C18H36IN5O. The van der Waals surface area contributed by atoms with E-state index in [1.807, 2.05) is 7.05 Å². The number of ether oxygens (including phenoxy) is 1. The van der Waals surface area contributed by atoms with E-state index in [1.54, 1.807) is 0 Å². The molecule has 2 aliphatic heterocycles. The van der Waals surface area contributed by atoms with E-state index in [2.05, 4.69) is 39.5 Å². The molecule has 0 amide bonds. The molecule has 0 aromatic rings. The van der Waals surface area contributed by atoms with E-state index in [0.717, 1.165) is 44.6 Å². The summed E-state index contributed by atoms with van der Waals surface area (Å²) in [5.41, 5.74) is 0.172. The Labute approximate surface area is 170 Å². The zero-order chi connectivity index (χ0) is 17.0. The van der Waals surface area contributed by atoms with Crippen LogP contribution < -0.4 is 10.6 Å². The van der Waals surface area contributed by atoms with Crippen molar-refractivity contribution in [3.63, 3.8) is 0 Å². The normalized spacial score (nSPS) is 25.5. The minimum absolute atomic E-state index is 0. The number of likely N-dealkylation sites (tertiary alicyclic amines) is 1. The van der Waals surface area contributed by atoms with Crippen LogP contribution in [0, 0.1) is 0 Å². The molecule has 25 heavy (non-hydrogen) atoms. The van der Waals surface area contributed by atoms with Gasteiger partial charge >= 0.3 is 0 Å². The third kappa shape index (κ3) is 5.68. The Morgan fingerprint density at radius 1 is 1.16 bits per heavy atom. The summed E-state index contributed by atoms with van der Waals surface area (Å²) in [5.74, 6) is 0.951. The molecule has 3 fully saturated rings. The predicted molar refractivity (Wildman–Crippen MR) is 114 cm³/mol. The van der Waals surface area contributed by atoms with Gasteiger partial charge < -0.3 is 25.2 Å². The summed E-state index contributed by atoms with van der Waals surface area (Å²) in [6.07, 6.45) is 7.43. The minimum atomic E-state index is 0. The lowest BCUT2D eigenvalue weighted by atomic mass is 9.88. The SMILES string of the molecule is CN=C(NCC1(N(C)C)CCOCC1)NC1CCN(C2CC2)CC1.I. The average molecular weight is 465 g/mol. The van der Waals surface area contributed by atoms with Crippen molar-refractivity contribution in [2.75, 3.05) is 54.0 Å². The number of piperidine rings is 1. The van der Waals surface area contributed by atoms with Crippen LogP contribution >= 0.6 is 24.0 Å². The highest BCUT2D eigenvalue weighted by Gasteiger charge is 2.35. The van der Waals surface area contributed by atoms with Gasteiger partial charge in [0.1, 0.15) is 0 Å². The maximum absolute atomic E-state index is 5.56. The van der Waals surface area contributed by atoms with Crippen LogP contribution in [-0.2, 0) is 4.74 Å². The van der Waals surface area contributed by atoms with Crippen LogP contribution in [0.4, 0.5) is 0 Å². The van der Waals surface area contributed by atoms with Crippen LogP contribution in [0.2, 0.25) is 0 Å². The van der Waals surface area contributed by atoms with Crippen LogP contribution in [0.1, 0.15) is 38.5 Å². The molecule has 6 nitrogen and oxygen atoms in total. The van der Waals surface area contributed by atoms with Crippen LogP contribution in [0.15, 0.2) is 4.99 Å². The Balaban J connectivity index is 0.00000225. The lowest BCUT2D eigenvalue weighted by Crippen LogP contribution is -2.58. The summed E-state index contributed by atoms with van der Waals surface area (Å²) < 4.78 is 5.56. The van der Waals surface area contributed by atoms with E-state index >= 15 is 0 Å². The number of halogens is 1. The van der Waals surface area contributed by atoms with Gasteiger partial charge in [-0.15, -0.1) is 24.0 Å². The topological polar surface area (TPSA) is 52.1 Å². The summed E-state index contributed by atoms with van der Waals surface area (Å²) >= 11 is 0. The van der Waals surface area contributed by atoms with Gasteiger partial charge in [-0.25, -0.2) is 0 Å². The average Bonchev–Trinajstić information content (AvgIpc) is 3.45. The monoisotopic (exact) mass is 465 g/mol. The van der Waals surface area contributed by atoms with Gasteiger partial charge in [0.15, 0.2) is 5.96 Å². The zero-order valence-corrected chi connectivity index (χ0v) is 18.4. The Kier molecular flexibility index (Phi) is 8.23. The third-order valence-corrected chi connectivity index (χ3v) is 6.11. The molecule has 146 valence electrons. The van der Waals surface area contributed by atoms with Gasteiger partial charge in [-0.2, -0.15) is 0 Å². The Hall–Kier alpha value is -0.120. The second kappa shape index (κ2) is 9.71.